The Labute approximate surface area is 100.0 Å². The number of carbonyl (C=O) groups is 2. The van der Waals surface area contributed by atoms with Gasteiger partial charge in [0, 0.05) is 17.7 Å². The van der Waals surface area contributed by atoms with Gasteiger partial charge in [0.25, 0.3) is 0 Å². The first-order valence-corrected chi connectivity index (χ1v) is 5.80. The lowest BCUT2D eigenvalue weighted by Crippen LogP contribution is -2.11. The summed E-state index contributed by atoms with van der Waals surface area (Å²) in [4.78, 5) is 22.8. The van der Waals surface area contributed by atoms with E-state index in [0.717, 1.165) is 24.1 Å². The molecule has 2 rings (SSSR count). The normalized spacial score (nSPS) is 13.1. The molecular formula is C13H15NO3. The molecule has 0 saturated carbocycles. The predicted molar refractivity (Wildman–Crippen MR) is 63.7 cm³/mol. The maximum Gasteiger partial charge on any atom is 0.338 e. The standard InChI is InChI=1S/C13H15NO3/c1-2-3-4-12(15)14-10-5-6-11-9(7-10)8-17-13(11)16/h5-7H,2-4,8H2,1H3,(H,14,15). The second-order valence-electron chi connectivity index (χ2n) is 4.10. The maximum atomic E-state index is 11.5. The van der Waals surface area contributed by atoms with E-state index in [9.17, 15) is 9.59 Å². The lowest BCUT2D eigenvalue weighted by molar-refractivity contribution is -0.116. The number of carbonyl (C=O) groups excluding carboxylic acids is 2. The van der Waals surface area contributed by atoms with Crippen molar-refractivity contribution < 1.29 is 14.3 Å². The van der Waals surface area contributed by atoms with Crippen LogP contribution in [0.15, 0.2) is 18.2 Å². The van der Waals surface area contributed by atoms with Gasteiger partial charge in [-0.15, -0.1) is 0 Å². The number of anilines is 1. The molecule has 1 N–H and O–H groups in total. The van der Waals surface area contributed by atoms with Crippen molar-refractivity contribution in [3.8, 4) is 0 Å². The molecule has 0 fully saturated rings. The van der Waals surface area contributed by atoms with Gasteiger partial charge in [0.1, 0.15) is 6.61 Å². The Kier molecular flexibility index (Phi) is 3.42. The lowest BCUT2D eigenvalue weighted by Gasteiger charge is -2.05. The minimum absolute atomic E-state index is 0.0111. The monoisotopic (exact) mass is 233 g/mol. The Balaban J connectivity index is 2.03. The summed E-state index contributed by atoms with van der Waals surface area (Å²) < 4.78 is 4.90. The molecule has 90 valence electrons. The fourth-order valence-corrected chi connectivity index (χ4v) is 1.77. The predicted octanol–water partition coefficient (Wildman–Crippen LogP) is 2.49. The van der Waals surface area contributed by atoms with Gasteiger partial charge in [-0.1, -0.05) is 13.3 Å². The minimum atomic E-state index is -0.288. The molecule has 4 heteroatoms. The van der Waals surface area contributed by atoms with Gasteiger partial charge in [-0.05, 0) is 24.6 Å². The van der Waals surface area contributed by atoms with Gasteiger partial charge in [0.15, 0.2) is 0 Å². The molecule has 1 aromatic carbocycles. The Morgan fingerprint density at radius 2 is 2.29 bits per heavy atom. The highest BCUT2D eigenvalue weighted by Gasteiger charge is 2.21. The molecule has 0 aromatic heterocycles. The fraction of sp³-hybridized carbons (Fsp3) is 0.385. The first-order valence-electron chi connectivity index (χ1n) is 5.80. The highest BCUT2D eigenvalue weighted by atomic mass is 16.5. The zero-order valence-corrected chi connectivity index (χ0v) is 9.79. The molecule has 0 unspecified atom stereocenters. The van der Waals surface area contributed by atoms with Crippen molar-refractivity contribution in [3.05, 3.63) is 29.3 Å². The van der Waals surface area contributed by atoms with Crippen molar-refractivity contribution in [1.29, 1.82) is 0 Å². The van der Waals surface area contributed by atoms with Gasteiger partial charge in [-0.25, -0.2) is 4.79 Å². The number of unbranched alkanes of at least 4 members (excludes halogenated alkanes) is 1. The Morgan fingerprint density at radius 3 is 3.06 bits per heavy atom. The maximum absolute atomic E-state index is 11.5. The smallest absolute Gasteiger partial charge is 0.338 e. The number of benzene rings is 1. The molecule has 4 nitrogen and oxygen atoms in total. The van der Waals surface area contributed by atoms with Crippen LogP contribution in [0.4, 0.5) is 5.69 Å². The molecule has 0 aliphatic carbocycles. The van der Waals surface area contributed by atoms with Crippen LogP contribution in [0.3, 0.4) is 0 Å². The Bertz CT molecular complexity index is 454. The second-order valence-corrected chi connectivity index (χ2v) is 4.10. The Hall–Kier alpha value is -1.84. The van der Waals surface area contributed by atoms with Crippen molar-refractivity contribution in [2.24, 2.45) is 0 Å². The van der Waals surface area contributed by atoms with Crippen LogP contribution in [0.1, 0.15) is 42.1 Å². The zero-order chi connectivity index (χ0) is 12.3. The molecule has 1 aliphatic heterocycles. The average Bonchev–Trinajstić information content (AvgIpc) is 2.68. The molecule has 17 heavy (non-hydrogen) atoms. The summed E-state index contributed by atoms with van der Waals surface area (Å²) in [5.74, 6) is -0.277. The zero-order valence-electron chi connectivity index (χ0n) is 9.79. The molecule has 0 spiro atoms. The summed E-state index contributed by atoms with van der Waals surface area (Å²) >= 11 is 0. The SMILES string of the molecule is CCCCC(=O)Nc1ccc2c(c1)COC2=O. The summed E-state index contributed by atoms with van der Waals surface area (Å²) in [6.07, 6.45) is 2.42. The molecule has 1 amide bonds. The number of nitrogens with one attached hydrogen (secondary N) is 1. The van der Waals surface area contributed by atoms with E-state index < -0.39 is 0 Å². The molecular weight excluding hydrogens is 218 g/mol. The van der Waals surface area contributed by atoms with Crippen molar-refractivity contribution in [2.45, 2.75) is 32.8 Å². The van der Waals surface area contributed by atoms with Crippen molar-refractivity contribution in [3.63, 3.8) is 0 Å². The van der Waals surface area contributed by atoms with Crippen LogP contribution in [0, 0.1) is 0 Å². The Morgan fingerprint density at radius 1 is 1.47 bits per heavy atom. The van der Waals surface area contributed by atoms with E-state index >= 15 is 0 Å². The van der Waals surface area contributed by atoms with Gasteiger partial charge < -0.3 is 10.1 Å². The third-order valence-electron chi connectivity index (χ3n) is 2.73. The van der Waals surface area contributed by atoms with Crippen LogP contribution in [0.25, 0.3) is 0 Å². The van der Waals surface area contributed by atoms with E-state index in [0.29, 0.717) is 18.6 Å². The van der Waals surface area contributed by atoms with Gasteiger partial charge in [0.2, 0.25) is 5.91 Å². The largest absolute Gasteiger partial charge is 0.457 e. The number of hydrogen-bond donors (Lipinski definition) is 1. The van der Waals surface area contributed by atoms with E-state index in [1.807, 2.05) is 6.92 Å². The van der Waals surface area contributed by atoms with Crippen LogP contribution in [0.2, 0.25) is 0 Å². The number of ether oxygens (including phenoxy) is 1. The summed E-state index contributed by atoms with van der Waals surface area (Å²) in [6, 6.07) is 5.22. The van der Waals surface area contributed by atoms with Crippen molar-refractivity contribution >= 4 is 17.6 Å². The molecule has 0 atom stereocenters. The highest BCUT2D eigenvalue weighted by Crippen LogP contribution is 2.23. The quantitative estimate of drug-likeness (QED) is 0.813. The van der Waals surface area contributed by atoms with Gasteiger partial charge in [0.05, 0.1) is 5.56 Å². The molecule has 1 aromatic rings. The topological polar surface area (TPSA) is 55.4 Å². The summed E-state index contributed by atoms with van der Waals surface area (Å²) in [7, 11) is 0. The summed E-state index contributed by atoms with van der Waals surface area (Å²) in [5, 5.41) is 2.82. The second kappa shape index (κ2) is 4.99. The van der Waals surface area contributed by atoms with Gasteiger partial charge in [-0.2, -0.15) is 0 Å². The number of fused-ring (bicyclic) bond motifs is 1. The molecule has 1 aliphatic rings. The minimum Gasteiger partial charge on any atom is -0.457 e. The van der Waals surface area contributed by atoms with Crippen LogP contribution >= 0.6 is 0 Å². The summed E-state index contributed by atoms with van der Waals surface area (Å²) in [5.41, 5.74) is 2.16. The van der Waals surface area contributed by atoms with E-state index in [1.165, 1.54) is 0 Å². The summed E-state index contributed by atoms with van der Waals surface area (Å²) in [6.45, 7) is 2.35. The van der Waals surface area contributed by atoms with E-state index in [1.54, 1.807) is 18.2 Å². The van der Waals surface area contributed by atoms with Gasteiger partial charge in [-0.3, -0.25) is 4.79 Å². The average molecular weight is 233 g/mol. The van der Waals surface area contributed by atoms with Crippen molar-refractivity contribution in [1.82, 2.24) is 0 Å². The number of rotatable bonds is 4. The molecule has 0 saturated heterocycles. The number of hydrogen-bond acceptors (Lipinski definition) is 3. The van der Waals surface area contributed by atoms with Crippen LogP contribution in [-0.4, -0.2) is 11.9 Å². The third kappa shape index (κ3) is 2.64. The molecule has 0 radical (unpaired) electrons. The number of cyclic esters (lactones) is 1. The molecule has 1 heterocycles. The number of esters is 1. The fourth-order valence-electron chi connectivity index (χ4n) is 1.77. The van der Waals surface area contributed by atoms with Crippen LogP contribution < -0.4 is 5.32 Å². The van der Waals surface area contributed by atoms with E-state index in [4.69, 9.17) is 4.74 Å². The van der Waals surface area contributed by atoms with Crippen molar-refractivity contribution in [2.75, 3.05) is 5.32 Å². The van der Waals surface area contributed by atoms with Crippen LogP contribution in [-0.2, 0) is 16.1 Å². The van der Waals surface area contributed by atoms with E-state index in [2.05, 4.69) is 5.32 Å². The highest BCUT2D eigenvalue weighted by molar-refractivity contribution is 5.95. The lowest BCUT2D eigenvalue weighted by atomic mass is 10.1. The third-order valence-corrected chi connectivity index (χ3v) is 2.73. The molecule has 0 bridgehead atoms. The first kappa shape index (κ1) is 11.6. The van der Waals surface area contributed by atoms with E-state index in [-0.39, 0.29) is 11.9 Å². The first-order chi connectivity index (χ1) is 8.20. The van der Waals surface area contributed by atoms with Gasteiger partial charge >= 0.3 is 5.97 Å². The van der Waals surface area contributed by atoms with Crippen LogP contribution in [0.5, 0.6) is 0 Å². The number of amides is 1.